The van der Waals surface area contributed by atoms with Crippen LogP contribution in [0.4, 0.5) is 4.39 Å². The van der Waals surface area contributed by atoms with Gasteiger partial charge in [0.2, 0.25) is 0 Å². The number of halogens is 2. The molecule has 1 aliphatic rings. The highest BCUT2D eigenvalue weighted by atomic mass is 35.5. The molecular weight excluding hydrogens is 251 g/mol. The molecule has 0 spiro atoms. The van der Waals surface area contributed by atoms with Gasteiger partial charge in [-0.05, 0) is 38.3 Å². The van der Waals surface area contributed by atoms with Crippen LogP contribution in [-0.4, -0.2) is 17.1 Å². The summed E-state index contributed by atoms with van der Waals surface area (Å²) in [5.41, 5.74) is 4.19. The molecule has 2 unspecified atom stereocenters. The lowest BCUT2D eigenvalue weighted by molar-refractivity contribution is 0.0435. The summed E-state index contributed by atoms with van der Waals surface area (Å²) in [6, 6.07) is 5.97. The molecule has 0 saturated carbocycles. The average Bonchev–Trinajstić information content (AvgIpc) is 2.33. The Morgan fingerprint density at radius 3 is 2.67 bits per heavy atom. The summed E-state index contributed by atoms with van der Waals surface area (Å²) in [6.45, 7) is 5.01. The number of hydrazine groups is 1. The zero-order valence-corrected chi connectivity index (χ0v) is 11.7. The first-order chi connectivity index (χ1) is 8.59. The van der Waals surface area contributed by atoms with Gasteiger partial charge in [-0.25, -0.2) is 9.40 Å². The molecule has 1 fully saturated rings. The Labute approximate surface area is 113 Å². The van der Waals surface area contributed by atoms with Crippen molar-refractivity contribution in [2.75, 3.05) is 0 Å². The van der Waals surface area contributed by atoms with E-state index in [-0.39, 0.29) is 10.8 Å². The molecule has 1 aliphatic heterocycles. The summed E-state index contributed by atoms with van der Waals surface area (Å²) in [6.07, 6.45) is 3.68. The normalized spacial score (nSPS) is 25.3. The lowest BCUT2D eigenvalue weighted by Gasteiger charge is -2.39. The van der Waals surface area contributed by atoms with E-state index in [2.05, 4.69) is 24.3 Å². The maximum Gasteiger partial charge on any atom is 0.142 e. The monoisotopic (exact) mass is 270 g/mol. The third-order valence-electron chi connectivity index (χ3n) is 3.68. The molecule has 2 atom stereocenters. The van der Waals surface area contributed by atoms with E-state index in [0.717, 1.165) is 5.56 Å². The summed E-state index contributed by atoms with van der Waals surface area (Å²) in [5, 5.41) is 2.49. The van der Waals surface area contributed by atoms with Crippen molar-refractivity contribution >= 4 is 11.6 Å². The zero-order chi connectivity index (χ0) is 13.1. The van der Waals surface area contributed by atoms with Gasteiger partial charge in [0.25, 0.3) is 0 Å². The number of hydrogen-bond donors (Lipinski definition) is 1. The summed E-state index contributed by atoms with van der Waals surface area (Å²) in [7, 11) is 0. The molecule has 100 valence electrons. The van der Waals surface area contributed by atoms with Crippen LogP contribution in [-0.2, 0) is 6.54 Å². The highest BCUT2D eigenvalue weighted by Crippen LogP contribution is 2.22. The van der Waals surface area contributed by atoms with Gasteiger partial charge >= 0.3 is 0 Å². The average molecular weight is 271 g/mol. The number of hydrogen-bond acceptors (Lipinski definition) is 2. The number of benzene rings is 1. The van der Waals surface area contributed by atoms with Gasteiger partial charge in [0.05, 0.1) is 5.02 Å². The summed E-state index contributed by atoms with van der Waals surface area (Å²) in [4.78, 5) is 0. The van der Waals surface area contributed by atoms with Gasteiger partial charge in [-0.1, -0.05) is 30.2 Å². The van der Waals surface area contributed by atoms with E-state index < -0.39 is 0 Å². The lowest BCUT2D eigenvalue weighted by atomic mass is 10.00. The van der Waals surface area contributed by atoms with E-state index in [0.29, 0.717) is 18.6 Å². The quantitative estimate of drug-likeness (QED) is 0.900. The Morgan fingerprint density at radius 2 is 2.00 bits per heavy atom. The fraction of sp³-hybridized carbons (Fsp3) is 0.571. The lowest BCUT2D eigenvalue weighted by Crippen LogP contribution is -2.51. The Kier molecular flexibility index (Phi) is 4.60. The largest absolute Gasteiger partial charge is 0.250 e. The first kappa shape index (κ1) is 13.8. The standard InChI is InChI=1S/C14H20ClFN2/c1-10-5-3-6-11(2)18(10)17-9-12-7-4-8-13(16)14(12)15/h4,7-8,10-11,17H,3,5-6,9H2,1-2H3. The van der Waals surface area contributed by atoms with Crippen LogP contribution in [0.5, 0.6) is 0 Å². The van der Waals surface area contributed by atoms with Gasteiger partial charge in [0, 0.05) is 18.6 Å². The second-order valence-electron chi connectivity index (χ2n) is 5.08. The van der Waals surface area contributed by atoms with Gasteiger partial charge < -0.3 is 0 Å². The Hall–Kier alpha value is -0.640. The molecule has 0 aliphatic carbocycles. The van der Waals surface area contributed by atoms with Gasteiger partial charge in [0.1, 0.15) is 5.82 Å². The van der Waals surface area contributed by atoms with Crippen LogP contribution in [0.15, 0.2) is 18.2 Å². The SMILES string of the molecule is CC1CCCC(C)N1NCc1cccc(F)c1Cl. The highest BCUT2D eigenvalue weighted by Gasteiger charge is 2.24. The van der Waals surface area contributed by atoms with E-state index >= 15 is 0 Å². The molecule has 2 nitrogen and oxygen atoms in total. The van der Waals surface area contributed by atoms with Gasteiger partial charge in [-0.3, -0.25) is 5.43 Å². The minimum absolute atomic E-state index is 0.224. The number of rotatable bonds is 3. The minimum Gasteiger partial charge on any atom is -0.250 e. The van der Waals surface area contributed by atoms with Crippen molar-refractivity contribution < 1.29 is 4.39 Å². The fourth-order valence-electron chi connectivity index (χ4n) is 2.59. The van der Waals surface area contributed by atoms with E-state index in [9.17, 15) is 4.39 Å². The van der Waals surface area contributed by atoms with Crippen LogP contribution in [0.25, 0.3) is 0 Å². The second kappa shape index (κ2) is 6.00. The summed E-state index contributed by atoms with van der Waals surface area (Å²) < 4.78 is 13.3. The molecule has 1 heterocycles. The Morgan fingerprint density at radius 1 is 1.33 bits per heavy atom. The molecular formula is C14H20ClFN2. The van der Waals surface area contributed by atoms with Crippen molar-refractivity contribution in [3.05, 3.63) is 34.6 Å². The summed E-state index contributed by atoms with van der Waals surface area (Å²) in [5.74, 6) is -0.351. The van der Waals surface area contributed by atoms with E-state index in [1.54, 1.807) is 6.07 Å². The van der Waals surface area contributed by atoms with Crippen molar-refractivity contribution in [2.45, 2.75) is 51.7 Å². The van der Waals surface area contributed by atoms with Crippen LogP contribution in [0.3, 0.4) is 0 Å². The molecule has 18 heavy (non-hydrogen) atoms. The van der Waals surface area contributed by atoms with Crippen molar-refractivity contribution in [2.24, 2.45) is 0 Å². The smallest absolute Gasteiger partial charge is 0.142 e. The minimum atomic E-state index is -0.351. The van der Waals surface area contributed by atoms with Crippen molar-refractivity contribution in [3.8, 4) is 0 Å². The molecule has 0 aromatic heterocycles. The third-order valence-corrected chi connectivity index (χ3v) is 4.10. The van der Waals surface area contributed by atoms with Crippen molar-refractivity contribution in [1.29, 1.82) is 0 Å². The second-order valence-corrected chi connectivity index (χ2v) is 5.46. The molecule has 0 radical (unpaired) electrons. The first-order valence-corrected chi connectivity index (χ1v) is 6.92. The maximum absolute atomic E-state index is 13.3. The van der Waals surface area contributed by atoms with Crippen molar-refractivity contribution in [3.63, 3.8) is 0 Å². The Bertz CT molecular complexity index is 401. The van der Waals surface area contributed by atoms with Crippen LogP contribution < -0.4 is 5.43 Å². The predicted octanol–water partition coefficient (Wildman–Crippen LogP) is 3.75. The van der Waals surface area contributed by atoms with E-state index in [1.807, 2.05) is 6.07 Å². The third kappa shape index (κ3) is 3.02. The molecule has 1 aromatic carbocycles. The predicted molar refractivity (Wildman–Crippen MR) is 72.9 cm³/mol. The molecule has 1 saturated heterocycles. The highest BCUT2D eigenvalue weighted by molar-refractivity contribution is 6.31. The van der Waals surface area contributed by atoms with Gasteiger partial charge in [-0.15, -0.1) is 0 Å². The van der Waals surface area contributed by atoms with Crippen LogP contribution >= 0.6 is 11.6 Å². The number of piperidine rings is 1. The molecule has 1 N–H and O–H groups in total. The molecule has 4 heteroatoms. The molecule has 0 amide bonds. The van der Waals surface area contributed by atoms with E-state index in [1.165, 1.54) is 25.3 Å². The summed E-state index contributed by atoms with van der Waals surface area (Å²) >= 11 is 5.95. The fourth-order valence-corrected chi connectivity index (χ4v) is 2.79. The van der Waals surface area contributed by atoms with Crippen LogP contribution in [0.2, 0.25) is 5.02 Å². The number of nitrogens with one attached hydrogen (secondary N) is 1. The van der Waals surface area contributed by atoms with E-state index in [4.69, 9.17) is 11.6 Å². The van der Waals surface area contributed by atoms with Gasteiger partial charge in [-0.2, -0.15) is 0 Å². The Balaban J connectivity index is 2.00. The first-order valence-electron chi connectivity index (χ1n) is 6.54. The van der Waals surface area contributed by atoms with Crippen LogP contribution in [0.1, 0.15) is 38.7 Å². The molecule has 1 aromatic rings. The maximum atomic E-state index is 13.3. The van der Waals surface area contributed by atoms with Gasteiger partial charge in [0.15, 0.2) is 0 Å². The zero-order valence-electron chi connectivity index (χ0n) is 10.9. The van der Waals surface area contributed by atoms with Crippen molar-refractivity contribution in [1.82, 2.24) is 10.4 Å². The molecule has 0 bridgehead atoms. The van der Waals surface area contributed by atoms with Crippen LogP contribution in [0, 0.1) is 5.82 Å². The molecule has 2 rings (SSSR count). The topological polar surface area (TPSA) is 15.3 Å². The number of nitrogens with zero attached hydrogens (tertiary/aromatic N) is 1.